The first-order valence-electron chi connectivity index (χ1n) is 10.1. The van der Waals surface area contributed by atoms with Crippen molar-refractivity contribution in [1.29, 1.82) is 0 Å². The number of aromatic amines is 2. The number of benzene rings is 2. The molecule has 6 nitrogen and oxygen atoms in total. The van der Waals surface area contributed by atoms with Crippen LogP contribution in [0.5, 0.6) is 0 Å². The monoisotopic (exact) mass is 420 g/mol. The molecule has 7 heteroatoms. The van der Waals surface area contributed by atoms with E-state index in [2.05, 4.69) is 36.2 Å². The minimum absolute atomic E-state index is 0.261. The Kier molecular flexibility index (Phi) is 4.07. The molecule has 6 rings (SSSR count). The lowest BCUT2D eigenvalue weighted by Crippen LogP contribution is -1.85. The molecule has 4 aromatic heterocycles. The van der Waals surface area contributed by atoms with Gasteiger partial charge >= 0.3 is 0 Å². The van der Waals surface area contributed by atoms with Crippen molar-refractivity contribution in [2.75, 3.05) is 0 Å². The van der Waals surface area contributed by atoms with Crippen LogP contribution in [-0.2, 0) is 0 Å². The van der Waals surface area contributed by atoms with E-state index in [1.165, 1.54) is 12.1 Å². The minimum atomic E-state index is -0.261. The van der Waals surface area contributed by atoms with E-state index in [0.717, 1.165) is 61.1 Å². The van der Waals surface area contributed by atoms with Gasteiger partial charge in [-0.1, -0.05) is 12.1 Å². The summed E-state index contributed by atoms with van der Waals surface area (Å²) in [7, 11) is 0. The van der Waals surface area contributed by atoms with E-state index in [1.54, 1.807) is 31.0 Å². The number of aromatic nitrogens is 6. The van der Waals surface area contributed by atoms with Crippen LogP contribution in [0.2, 0.25) is 0 Å². The van der Waals surface area contributed by atoms with Crippen LogP contribution in [0.3, 0.4) is 0 Å². The van der Waals surface area contributed by atoms with Gasteiger partial charge in [-0.15, -0.1) is 0 Å². The van der Waals surface area contributed by atoms with Crippen molar-refractivity contribution in [2.24, 2.45) is 0 Å². The molecule has 0 aliphatic heterocycles. The first kappa shape index (κ1) is 18.4. The second-order valence-electron chi connectivity index (χ2n) is 7.77. The van der Waals surface area contributed by atoms with Crippen molar-refractivity contribution in [2.45, 2.75) is 6.92 Å². The first-order valence-corrected chi connectivity index (χ1v) is 10.1. The molecule has 0 aliphatic carbocycles. The molecule has 2 N–H and O–H groups in total. The molecule has 0 spiro atoms. The molecule has 0 atom stereocenters. The Balaban J connectivity index is 1.52. The number of H-pyrrole nitrogens is 2. The molecule has 4 heterocycles. The fraction of sp³-hybridized carbons (Fsp3) is 0.0400. The Hall–Kier alpha value is -4.39. The fourth-order valence-corrected chi connectivity index (χ4v) is 4.13. The SMILES string of the molecule is Cc1cc(F)cc(-c2cncc3[nH]c(-c4n[nH]c5ccc(-c6cnccn6)cc45)cc23)c1. The van der Waals surface area contributed by atoms with Gasteiger partial charge in [-0.3, -0.25) is 20.1 Å². The Bertz CT molecular complexity index is 1580. The van der Waals surface area contributed by atoms with Gasteiger partial charge in [-0.2, -0.15) is 5.10 Å². The van der Waals surface area contributed by atoms with E-state index in [1.807, 2.05) is 31.2 Å². The standard InChI is InChI=1S/C25H17FN6/c1-14-6-16(8-17(26)7-14)20-11-28-13-24-18(20)10-22(30-24)25-19-9-15(2-3-21(19)31-32-25)23-12-27-4-5-29-23/h2-13,30H,1H3,(H,31,32). The van der Waals surface area contributed by atoms with Gasteiger partial charge in [-0.05, 0) is 48.4 Å². The summed E-state index contributed by atoms with van der Waals surface area (Å²) >= 11 is 0. The number of halogens is 1. The fourth-order valence-electron chi connectivity index (χ4n) is 4.13. The number of aryl methyl sites for hydroxylation is 1. The third-order valence-electron chi connectivity index (χ3n) is 5.58. The van der Waals surface area contributed by atoms with E-state index in [0.29, 0.717) is 0 Å². The summed E-state index contributed by atoms with van der Waals surface area (Å²) in [5, 5.41) is 9.58. The van der Waals surface area contributed by atoms with Crippen molar-refractivity contribution in [3.05, 3.63) is 84.8 Å². The summed E-state index contributed by atoms with van der Waals surface area (Å²) in [5.41, 5.74) is 7.71. The van der Waals surface area contributed by atoms with Crippen molar-refractivity contribution < 1.29 is 4.39 Å². The van der Waals surface area contributed by atoms with E-state index >= 15 is 0 Å². The molecule has 32 heavy (non-hydrogen) atoms. The Morgan fingerprint density at radius 3 is 2.59 bits per heavy atom. The predicted octanol–water partition coefficient (Wildman–Crippen LogP) is 5.68. The highest BCUT2D eigenvalue weighted by atomic mass is 19.1. The van der Waals surface area contributed by atoms with Crippen LogP contribution in [0.15, 0.2) is 73.4 Å². The molecule has 154 valence electrons. The molecule has 0 aliphatic rings. The maximum Gasteiger partial charge on any atom is 0.124 e. The van der Waals surface area contributed by atoms with Crippen LogP contribution in [0.4, 0.5) is 4.39 Å². The van der Waals surface area contributed by atoms with E-state index in [4.69, 9.17) is 0 Å². The van der Waals surface area contributed by atoms with E-state index in [9.17, 15) is 4.39 Å². The van der Waals surface area contributed by atoms with Crippen molar-refractivity contribution in [3.8, 4) is 33.8 Å². The van der Waals surface area contributed by atoms with Crippen LogP contribution in [0, 0.1) is 12.7 Å². The van der Waals surface area contributed by atoms with Crippen LogP contribution in [0.1, 0.15) is 5.56 Å². The maximum atomic E-state index is 14.0. The Labute approximate surface area is 182 Å². The minimum Gasteiger partial charge on any atom is -0.352 e. The molecule has 0 bridgehead atoms. The normalized spacial score (nSPS) is 11.4. The molecule has 6 aromatic rings. The zero-order valence-corrected chi connectivity index (χ0v) is 17.1. The van der Waals surface area contributed by atoms with Crippen LogP contribution < -0.4 is 0 Å². The molecule has 0 radical (unpaired) electrons. The van der Waals surface area contributed by atoms with Crippen molar-refractivity contribution in [1.82, 2.24) is 30.1 Å². The van der Waals surface area contributed by atoms with Crippen LogP contribution in [0.25, 0.3) is 55.6 Å². The van der Waals surface area contributed by atoms with Crippen LogP contribution in [-0.4, -0.2) is 30.1 Å². The largest absolute Gasteiger partial charge is 0.352 e. The summed E-state index contributed by atoms with van der Waals surface area (Å²) < 4.78 is 14.0. The van der Waals surface area contributed by atoms with Gasteiger partial charge in [0.15, 0.2) is 0 Å². The maximum absolute atomic E-state index is 14.0. The predicted molar refractivity (Wildman–Crippen MR) is 122 cm³/mol. The van der Waals surface area contributed by atoms with Gasteiger partial charge < -0.3 is 4.98 Å². The summed E-state index contributed by atoms with van der Waals surface area (Å²) in [6.45, 7) is 1.88. The molecular weight excluding hydrogens is 403 g/mol. The smallest absolute Gasteiger partial charge is 0.124 e. The lowest BCUT2D eigenvalue weighted by Gasteiger charge is -2.05. The first-order chi connectivity index (χ1) is 15.7. The topological polar surface area (TPSA) is 83.1 Å². The molecule has 0 saturated carbocycles. The van der Waals surface area contributed by atoms with E-state index in [-0.39, 0.29) is 5.82 Å². The Morgan fingerprint density at radius 2 is 1.75 bits per heavy atom. The highest BCUT2D eigenvalue weighted by Gasteiger charge is 2.15. The van der Waals surface area contributed by atoms with E-state index < -0.39 is 0 Å². The summed E-state index contributed by atoms with van der Waals surface area (Å²) in [4.78, 5) is 16.3. The molecule has 0 saturated heterocycles. The Morgan fingerprint density at radius 1 is 0.812 bits per heavy atom. The number of hydrogen-bond acceptors (Lipinski definition) is 4. The zero-order valence-electron chi connectivity index (χ0n) is 17.1. The second-order valence-corrected chi connectivity index (χ2v) is 7.77. The van der Waals surface area contributed by atoms with Gasteiger partial charge in [0.05, 0.1) is 34.8 Å². The number of nitrogens with zero attached hydrogens (tertiary/aromatic N) is 4. The molecule has 0 fully saturated rings. The molecule has 0 amide bonds. The number of rotatable bonds is 3. The van der Waals surface area contributed by atoms with Crippen molar-refractivity contribution in [3.63, 3.8) is 0 Å². The zero-order chi connectivity index (χ0) is 21.7. The van der Waals surface area contributed by atoms with Crippen molar-refractivity contribution >= 4 is 21.8 Å². The average molecular weight is 420 g/mol. The van der Waals surface area contributed by atoms with Gasteiger partial charge in [-0.25, -0.2) is 4.39 Å². The number of fused-ring (bicyclic) bond motifs is 2. The second kappa shape index (κ2) is 7.09. The lowest BCUT2D eigenvalue weighted by molar-refractivity contribution is 0.627. The lowest BCUT2D eigenvalue weighted by atomic mass is 10.0. The van der Waals surface area contributed by atoms with Gasteiger partial charge in [0.2, 0.25) is 0 Å². The summed E-state index contributed by atoms with van der Waals surface area (Å²) in [5.74, 6) is -0.261. The molecule has 2 aromatic carbocycles. The molecule has 0 unspecified atom stereocenters. The third-order valence-corrected chi connectivity index (χ3v) is 5.58. The summed E-state index contributed by atoms with van der Waals surface area (Å²) in [6.07, 6.45) is 8.61. The van der Waals surface area contributed by atoms with Gasteiger partial charge in [0.1, 0.15) is 11.5 Å². The average Bonchev–Trinajstić information content (AvgIpc) is 3.42. The quantitative estimate of drug-likeness (QED) is 0.386. The van der Waals surface area contributed by atoms with Gasteiger partial charge in [0, 0.05) is 40.5 Å². The number of hydrogen-bond donors (Lipinski definition) is 2. The number of pyridine rings is 1. The van der Waals surface area contributed by atoms with Crippen LogP contribution >= 0.6 is 0 Å². The highest BCUT2D eigenvalue weighted by molar-refractivity contribution is 6.01. The van der Waals surface area contributed by atoms with Gasteiger partial charge in [0.25, 0.3) is 0 Å². The molecular formula is C25H17FN6. The summed E-state index contributed by atoms with van der Waals surface area (Å²) in [6, 6.07) is 13.1. The highest BCUT2D eigenvalue weighted by Crippen LogP contribution is 2.35. The number of nitrogens with one attached hydrogen (secondary N) is 2. The third kappa shape index (κ3) is 3.02.